The van der Waals surface area contributed by atoms with Crippen LogP contribution >= 0.6 is 0 Å². The minimum Gasteiger partial charge on any atom is -0.299 e. The number of nitrogens with zero attached hydrogens (tertiary/aromatic N) is 2. The fourth-order valence-electron chi connectivity index (χ4n) is 2.96. The van der Waals surface area contributed by atoms with Crippen molar-refractivity contribution in [2.45, 2.75) is 45.2 Å². The average Bonchev–Trinajstić information content (AvgIpc) is 2.55. The highest BCUT2D eigenvalue weighted by Crippen LogP contribution is 2.29. The summed E-state index contributed by atoms with van der Waals surface area (Å²) in [4.78, 5) is 24.1. The molecule has 1 saturated heterocycles. The monoisotopic (exact) mass is 356 g/mol. The standard InChI is InChI=1S/C18H23F3N2O2/c1-2-9-23-17(25)7-4-10-22(23)11-8-16(24)13-14-5-3-6-15(12-14)18(19,20)21/h3,5-6,12H,2,4,7-11,13H2,1H3. The molecule has 1 aliphatic heterocycles. The molecule has 2 rings (SSSR count). The van der Waals surface area contributed by atoms with Crippen LogP contribution in [-0.2, 0) is 22.2 Å². The zero-order valence-corrected chi connectivity index (χ0v) is 14.3. The fourth-order valence-corrected chi connectivity index (χ4v) is 2.96. The Morgan fingerprint density at radius 1 is 1.24 bits per heavy atom. The van der Waals surface area contributed by atoms with E-state index in [0.29, 0.717) is 25.1 Å². The van der Waals surface area contributed by atoms with Gasteiger partial charge in [-0.05, 0) is 24.5 Å². The molecule has 1 heterocycles. The SMILES string of the molecule is CCCN1C(=O)CCCN1CCC(=O)Cc1cccc(C(F)(F)F)c1. The molecule has 4 nitrogen and oxygen atoms in total. The maximum atomic E-state index is 12.7. The molecule has 0 N–H and O–H groups in total. The number of hydrogen-bond donors (Lipinski definition) is 0. The van der Waals surface area contributed by atoms with Crippen LogP contribution in [0.15, 0.2) is 24.3 Å². The molecule has 0 spiro atoms. The van der Waals surface area contributed by atoms with Crippen molar-refractivity contribution >= 4 is 11.7 Å². The van der Waals surface area contributed by atoms with E-state index in [2.05, 4.69) is 0 Å². The third-order valence-electron chi connectivity index (χ3n) is 4.18. The second-order valence-corrected chi connectivity index (χ2v) is 6.24. The Hall–Kier alpha value is -1.89. The molecule has 1 fully saturated rings. The van der Waals surface area contributed by atoms with Crippen molar-refractivity contribution in [2.75, 3.05) is 19.6 Å². The van der Waals surface area contributed by atoms with Crippen LogP contribution < -0.4 is 0 Å². The molecule has 1 amide bonds. The van der Waals surface area contributed by atoms with Gasteiger partial charge in [-0.1, -0.05) is 25.1 Å². The first-order valence-electron chi connectivity index (χ1n) is 8.54. The fraction of sp³-hybridized carbons (Fsp3) is 0.556. The van der Waals surface area contributed by atoms with E-state index >= 15 is 0 Å². The third kappa shape index (κ3) is 5.56. The molecule has 7 heteroatoms. The normalized spacial score (nSPS) is 16.3. The summed E-state index contributed by atoms with van der Waals surface area (Å²) in [6.45, 7) is 3.76. The van der Waals surface area contributed by atoms with Gasteiger partial charge in [0.05, 0.1) is 5.56 Å². The number of rotatable bonds is 7. The number of benzene rings is 1. The van der Waals surface area contributed by atoms with Crippen molar-refractivity contribution in [2.24, 2.45) is 0 Å². The van der Waals surface area contributed by atoms with E-state index in [1.165, 1.54) is 12.1 Å². The molecular weight excluding hydrogens is 333 g/mol. The lowest BCUT2D eigenvalue weighted by molar-refractivity contribution is -0.156. The Kier molecular flexibility index (Phi) is 6.58. The molecule has 1 aromatic carbocycles. The Balaban J connectivity index is 1.91. The summed E-state index contributed by atoms with van der Waals surface area (Å²) >= 11 is 0. The van der Waals surface area contributed by atoms with Crippen molar-refractivity contribution in [3.63, 3.8) is 0 Å². The second-order valence-electron chi connectivity index (χ2n) is 6.24. The molecule has 0 aromatic heterocycles. The van der Waals surface area contributed by atoms with Gasteiger partial charge >= 0.3 is 6.18 Å². The quantitative estimate of drug-likeness (QED) is 0.751. The van der Waals surface area contributed by atoms with Crippen LogP contribution in [0.5, 0.6) is 0 Å². The van der Waals surface area contributed by atoms with Gasteiger partial charge in [0.25, 0.3) is 0 Å². The van der Waals surface area contributed by atoms with Gasteiger partial charge in [-0.3, -0.25) is 14.6 Å². The lowest BCUT2D eigenvalue weighted by Gasteiger charge is -2.38. The summed E-state index contributed by atoms with van der Waals surface area (Å²) in [6, 6.07) is 4.86. The smallest absolute Gasteiger partial charge is 0.299 e. The largest absolute Gasteiger partial charge is 0.416 e. The van der Waals surface area contributed by atoms with Gasteiger partial charge in [0.15, 0.2) is 0 Å². The zero-order chi connectivity index (χ0) is 18.4. The molecule has 1 aromatic rings. The number of Topliss-reactive ketones (excluding diaryl/α,β-unsaturated/α-hetero) is 1. The van der Waals surface area contributed by atoms with Gasteiger partial charge in [-0.15, -0.1) is 0 Å². The van der Waals surface area contributed by atoms with E-state index in [0.717, 1.165) is 31.5 Å². The van der Waals surface area contributed by atoms with Gasteiger partial charge in [-0.25, -0.2) is 5.01 Å². The van der Waals surface area contributed by atoms with Crippen LogP contribution in [0.25, 0.3) is 0 Å². The van der Waals surface area contributed by atoms with Gasteiger partial charge in [0.1, 0.15) is 5.78 Å². The van der Waals surface area contributed by atoms with E-state index in [1.54, 1.807) is 5.01 Å². The number of ketones is 1. The van der Waals surface area contributed by atoms with Gasteiger partial charge in [0, 0.05) is 38.9 Å². The summed E-state index contributed by atoms with van der Waals surface area (Å²) in [5.74, 6) is -0.0628. The number of amides is 1. The minimum atomic E-state index is -4.41. The van der Waals surface area contributed by atoms with Crippen LogP contribution in [0.3, 0.4) is 0 Å². The lowest BCUT2D eigenvalue weighted by Crippen LogP contribution is -2.51. The van der Waals surface area contributed by atoms with Gasteiger partial charge in [0.2, 0.25) is 5.91 Å². The highest BCUT2D eigenvalue weighted by atomic mass is 19.4. The van der Waals surface area contributed by atoms with E-state index in [-0.39, 0.29) is 24.5 Å². The summed E-state index contributed by atoms with van der Waals surface area (Å²) in [6.07, 6.45) is -2.10. The van der Waals surface area contributed by atoms with E-state index < -0.39 is 11.7 Å². The van der Waals surface area contributed by atoms with Crippen LogP contribution in [0.2, 0.25) is 0 Å². The Labute approximate surface area is 145 Å². The molecule has 0 bridgehead atoms. The summed E-state index contributed by atoms with van der Waals surface area (Å²) < 4.78 is 38.2. The molecule has 0 aliphatic carbocycles. The number of carbonyl (C=O) groups is 2. The first kappa shape index (κ1) is 19.4. The van der Waals surface area contributed by atoms with Crippen LogP contribution in [-0.4, -0.2) is 41.3 Å². The summed E-state index contributed by atoms with van der Waals surface area (Å²) in [5, 5.41) is 3.58. The van der Waals surface area contributed by atoms with Crippen LogP contribution in [0, 0.1) is 0 Å². The zero-order valence-electron chi connectivity index (χ0n) is 14.3. The Morgan fingerprint density at radius 2 is 2.00 bits per heavy atom. The van der Waals surface area contributed by atoms with E-state index in [1.807, 2.05) is 11.9 Å². The van der Waals surface area contributed by atoms with Crippen molar-refractivity contribution in [1.82, 2.24) is 10.0 Å². The van der Waals surface area contributed by atoms with E-state index in [9.17, 15) is 22.8 Å². The highest BCUT2D eigenvalue weighted by Gasteiger charge is 2.30. The highest BCUT2D eigenvalue weighted by molar-refractivity contribution is 5.81. The average molecular weight is 356 g/mol. The molecule has 0 radical (unpaired) electrons. The number of hydrazine groups is 1. The van der Waals surface area contributed by atoms with Crippen LogP contribution in [0.1, 0.15) is 43.7 Å². The van der Waals surface area contributed by atoms with E-state index in [4.69, 9.17) is 0 Å². The predicted molar refractivity (Wildman–Crippen MR) is 87.6 cm³/mol. The topological polar surface area (TPSA) is 40.6 Å². The predicted octanol–water partition coefficient (Wildman–Crippen LogP) is 3.46. The van der Waals surface area contributed by atoms with Gasteiger partial charge < -0.3 is 0 Å². The maximum absolute atomic E-state index is 12.7. The molecule has 1 aliphatic rings. The summed E-state index contributed by atoms with van der Waals surface area (Å²) in [5.41, 5.74) is -0.381. The number of halogens is 3. The third-order valence-corrected chi connectivity index (χ3v) is 4.18. The molecule has 0 atom stereocenters. The first-order valence-corrected chi connectivity index (χ1v) is 8.54. The number of hydrogen-bond acceptors (Lipinski definition) is 3. The molecule has 138 valence electrons. The van der Waals surface area contributed by atoms with Gasteiger partial charge in [-0.2, -0.15) is 13.2 Å². The number of carbonyl (C=O) groups excluding carboxylic acids is 2. The Morgan fingerprint density at radius 3 is 2.68 bits per heavy atom. The molecule has 0 saturated carbocycles. The van der Waals surface area contributed by atoms with Crippen molar-refractivity contribution in [3.8, 4) is 0 Å². The van der Waals surface area contributed by atoms with Crippen molar-refractivity contribution < 1.29 is 22.8 Å². The first-order chi connectivity index (χ1) is 11.8. The molecule has 0 unspecified atom stereocenters. The lowest BCUT2D eigenvalue weighted by atomic mass is 10.0. The minimum absolute atomic E-state index is 0.0283. The van der Waals surface area contributed by atoms with Crippen molar-refractivity contribution in [3.05, 3.63) is 35.4 Å². The maximum Gasteiger partial charge on any atom is 0.416 e. The number of alkyl halides is 3. The Bertz CT molecular complexity index is 617. The molecule has 25 heavy (non-hydrogen) atoms. The second kappa shape index (κ2) is 8.47. The summed E-state index contributed by atoms with van der Waals surface area (Å²) in [7, 11) is 0. The van der Waals surface area contributed by atoms with Crippen LogP contribution in [0.4, 0.5) is 13.2 Å². The van der Waals surface area contributed by atoms with Crippen molar-refractivity contribution in [1.29, 1.82) is 0 Å². The molecular formula is C18H23F3N2O2.